The lowest BCUT2D eigenvalue weighted by Gasteiger charge is -2.12. The summed E-state index contributed by atoms with van der Waals surface area (Å²) in [7, 11) is -4.29. The molecule has 2 aromatic carbocycles. The third-order valence-corrected chi connectivity index (χ3v) is 4.67. The quantitative estimate of drug-likeness (QED) is 0.656. The van der Waals surface area contributed by atoms with Crippen LogP contribution in [0.3, 0.4) is 0 Å². The summed E-state index contributed by atoms with van der Waals surface area (Å²) in [5, 5.41) is 13.5. The molecule has 8 nitrogen and oxygen atoms in total. The van der Waals surface area contributed by atoms with E-state index in [1.807, 2.05) is 19.1 Å². The van der Waals surface area contributed by atoms with Crippen LogP contribution in [-0.2, 0) is 14.9 Å². The second-order valence-electron chi connectivity index (χ2n) is 5.81. The van der Waals surface area contributed by atoms with Gasteiger partial charge in [0.1, 0.15) is 0 Å². The van der Waals surface area contributed by atoms with Gasteiger partial charge < -0.3 is 0 Å². The molecule has 9 heteroatoms. The Morgan fingerprint density at radius 3 is 2.23 bits per heavy atom. The van der Waals surface area contributed by atoms with Crippen LogP contribution in [0.4, 0.5) is 11.4 Å². The van der Waals surface area contributed by atoms with E-state index in [2.05, 4.69) is 15.3 Å². The second kappa shape index (κ2) is 6.77. The van der Waals surface area contributed by atoms with Gasteiger partial charge in [0.05, 0.1) is 22.0 Å². The Hall–Kier alpha value is -2.91. The molecule has 3 rings (SSSR count). The van der Waals surface area contributed by atoms with Crippen molar-refractivity contribution in [3.8, 4) is 0 Å². The normalized spacial score (nSPS) is 17.8. The molecule has 0 bridgehead atoms. The van der Waals surface area contributed by atoms with E-state index in [0.29, 0.717) is 17.1 Å². The van der Waals surface area contributed by atoms with Gasteiger partial charge in [-0.05, 0) is 50.2 Å². The predicted octanol–water partition coefficient (Wildman–Crippen LogP) is 3.12. The molecule has 1 amide bonds. The first-order valence-electron chi connectivity index (χ1n) is 7.70. The van der Waals surface area contributed by atoms with Crippen LogP contribution in [0, 0.1) is 6.92 Å². The minimum absolute atomic E-state index is 0.260. The van der Waals surface area contributed by atoms with Crippen LogP contribution in [0.5, 0.6) is 0 Å². The summed E-state index contributed by atoms with van der Waals surface area (Å²) >= 11 is 0. The number of benzene rings is 2. The van der Waals surface area contributed by atoms with Crippen LogP contribution in [0.15, 0.2) is 68.8 Å². The molecule has 1 N–H and O–H groups in total. The van der Waals surface area contributed by atoms with Gasteiger partial charge in [0.2, 0.25) is 0 Å². The van der Waals surface area contributed by atoms with Crippen molar-refractivity contribution in [1.82, 2.24) is 0 Å². The van der Waals surface area contributed by atoms with Crippen LogP contribution in [-0.4, -0.2) is 30.6 Å². The van der Waals surface area contributed by atoms with E-state index in [1.165, 1.54) is 24.3 Å². The molecule has 0 saturated carbocycles. The van der Waals surface area contributed by atoms with Gasteiger partial charge in [0.25, 0.3) is 16.0 Å². The molecule has 0 spiro atoms. The van der Waals surface area contributed by atoms with Crippen LogP contribution < -0.4 is 5.01 Å². The second-order valence-corrected chi connectivity index (χ2v) is 7.24. The van der Waals surface area contributed by atoms with Gasteiger partial charge in [-0.25, -0.2) is 0 Å². The first kappa shape index (κ1) is 17.9. The first-order chi connectivity index (χ1) is 12.3. The zero-order valence-corrected chi connectivity index (χ0v) is 14.9. The van der Waals surface area contributed by atoms with Gasteiger partial charge in [-0.15, -0.1) is 0 Å². The molecule has 0 saturated heterocycles. The van der Waals surface area contributed by atoms with E-state index >= 15 is 0 Å². The minimum Gasteiger partial charge on any atom is -0.282 e. The van der Waals surface area contributed by atoms with Crippen molar-refractivity contribution in [1.29, 1.82) is 0 Å². The number of nitrogens with zero attached hydrogens (tertiary/aromatic N) is 4. The number of rotatable bonds is 4. The van der Waals surface area contributed by atoms with Gasteiger partial charge >= 0.3 is 0 Å². The molecule has 0 aromatic heterocycles. The Kier molecular flexibility index (Phi) is 4.66. The topological polar surface area (TPSA) is 112 Å². The van der Waals surface area contributed by atoms with Crippen molar-refractivity contribution in [2.24, 2.45) is 15.3 Å². The van der Waals surface area contributed by atoms with Crippen molar-refractivity contribution in [2.75, 3.05) is 5.01 Å². The number of hydrogen-bond acceptors (Lipinski definition) is 6. The monoisotopic (exact) mass is 372 g/mol. The fourth-order valence-corrected chi connectivity index (χ4v) is 2.85. The summed E-state index contributed by atoms with van der Waals surface area (Å²) in [6.07, 6.45) is 0. The molecule has 26 heavy (non-hydrogen) atoms. The lowest BCUT2D eigenvalue weighted by Crippen LogP contribution is -2.29. The number of hydrogen-bond donors (Lipinski definition) is 1. The molecule has 0 fully saturated rings. The lowest BCUT2D eigenvalue weighted by atomic mass is 10.2. The highest BCUT2D eigenvalue weighted by atomic mass is 32.2. The maximum Gasteiger partial charge on any atom is 0.294 e. The van der Waals surface area contributed by atoms with E-state index in [4.69, 9.17) is 4.55 Å². The molecule has 0 aliphatic carbocycles. The molecule has 1 aliphatic rings. The van der Waals surface area contributed by atoms with Crippen molar-refractivity contribution in [3.05, 3.63) is 54.1 Å². The van der Waals surface area contributed by atoms with E-state index in [9.17, 15) is 13.2 Å². The van der Waals surface area contributed by atoms with E-state index in [1.54, 1.807) is 19.1 Å². The fourth-order valence-electron chi connectivity index (χ4n) is 2.37. The summed E-state index contributed by atoms with van der Waals surface area (Å²) in [6.45, 7) is 3.63. The van der Waals surface area contributed by atoms with Crippen LogP contribution in [0.1, 0.15) is 12.5 Å². The molecule has 1 atom stereocenters. The summed E-state index contributed by atoms with van der Waals surface area (Å²) < 4.78 is 31.2. The number of hydrazone groups is 1. The smallest absolute Gasteiger partial charge is 0.282 e. The summed E-state index contributed by atoms with van der Waals surface area (Å²) in [5.41, 5.74) is 2.57. The minimum atomic E-state index is -4.29. The van der Waals surface area contributed by atoms with Crippen LogP contribution in [0.2, 0.25) is 0 Å². The zero-order chi connectivity index (χ0) is 18.9. The Morgan fingerprint density at radius 2 is 1.65 bits per heavy atom. The highest BCUT2D eigenvalue weighted by Gasteiger charge is 2.34. The molecule has 2 aromatic rings. The van der Waals surface area contributed by atoms with Crippen LogP contribution >= 0.6 is 0 Å². The Labute approximate surface area is 150 Å². The maximum atomic E-state index is 12.6. The summed E-state index contributed by atoms with van der Waals surface area (Å²) in [4.78, 5) is 12.3. The highest BCUT2D eigenvalue weighted by molar-refractivity contribution is 7.85. The van der Waals surface area contributed by atoms with Crippen molar-refractivity contribution in [3.63, 3.8) is 0 Å². The Bertz CT molecular complexity index is 996. The highest BCUT2D eigenvalue weighted by Crippen LogP contribution is 2.24. The van der Waals surface area contributed by atoms with Crippen molar-refractivity contribution >= 4 is 33.1 Å². The average Bonchev–Trinajstić information content (AvgIpc) is 2.88. The maximum absolute atomic E-state index is 12.6. The van der Waals surface area contributed by atoms with Crippen molar-refractivity contribution in [2.45, 2.75) is 24.8 Å². The number of anilines is 1. The molecular weight excluding hydrogens is 356 g/mol. The average molecular weight is 372 g/mol. The molecule has 134 valence electrons. The largest absolute Gasteiger partial charge is 0.294 e. The summed E-state index contributed by atoms with van der Waals surface area (Å²) in [5.74, 6) is -0.391. The number of azo groups is 1. The number of carbonyl (C=O) groups excluding carboxylic acids is 1. The molecular formula is C17H16N4O4S. The Morgan fingerprint density at radius 1 is 1.04 bits per heavy atom. The number of aryl methyl sites for hydroxylation is 1. The first-order valence-corrected chi connectivity index (χ1v) is 9.14. The summed E-state index contributed by atoms with van der Waals surface area (Å²) in [6, 6.07) is 11.7. The predicted molar refractivity (Wildman–Crippen MR) is 96.3 cm³/mol. The van der Waals surface area contributed by atoms with Gasteiger partial charge in [-0.2, -0.15) is 28.8 Å². The number of carbonyl (C=O) groups is 1. The van der Waals surface area contributed by atoms with E-state index in [-0.39, 0.29) is 4.90 Å². The Balaban J connectivity index is 1.80. The van der Waals surface area contributed by atoms with Gasteiger partial charge in [0, 0.05) is 0 Å². The van der Waals surface area contributed by atoms with E-state index in [0.717, 1.165) is 10.6 Å². The lowest BCUT2D eigenvalue weighted by molar-refractivity contribution is -0.117. The number of amides is 1. The van der Waals surface area contributed by atoms with Gasteiger partial charge in [0.15, 0.2) is 6.04 Å². The van der Waals surface area contributed by atoms with Gasteiger partial charge in [-0.1, -0.05) is 17.7 Å². The molecule has 1 aliphatic heterocycles. The third kappa shape index (κ3) is 3.68. The van der Waals surface area contributed by atoms with E-state index < -0.39 is 22.1 Å². The standard InChI is InChI=1S/C17H16N4O4S/c1-11-3-5-13(6-4-11)18-19-16-12(2)20-21(17(16)22)14-7-9-15(10-8-14)26(23,24)25/h3-10,16H,1-2H3,(H,23,24,25). The molecule has 1 unspecified atom stereocenters. The SMILES string of the molecule is CC1=NN(c2ccc(S(=O)(=O)O)cc2)C(=O)C1N=Nc1ccc(C)cc1. The zero-order valence-electron chi connectivity index (χ0n) is 14.1. The van der Waals surface area contributed by atoms with Gasteiger partial charge in [-0.3, -0.25) is 9.35 Å². The fraction of sp³-hybridized carbons (Fsp3) is 0.176. The van der Waals surface area contributed by atoms with Crippen LogP contribution in [0.25, 0.3) is 0 Å². The molecule has 0 radical (unpaired) electrons. The molecule has 1 heterocycles. The third-order valence-electron chi connectivity index (χ3n) is 3.80. The van der Waals surface area contributed by atoms with Crippen molar-refractivity contribution < 1.29 is 17.8 Å².